The van der Waals surface area contributed by atoms with Crippen LogP contribution in [0.15, 0.2) is 0 Å². The van der Waals surface area contributed by atoms with Crippen molar-refractivity contribution in [2.45, 2.75) is 71.3 Å². The molecule has 0 aromatic carbocycles. The first-order chi connectivity index (χ1) is 9.80. The van der Waals surface area contributed by atoms with Crippen LogP contribution >= 0.6 is 0 Å². The molecule has 5 fully saturated rings. The van der Waals surface area contributed by atoms with Crippen LogP contribution in [0.1, 0.15) is 65.2 Å². The fraction of sp³-hybridized carbons (Fsp3) is 0.944. The highest BCUT2D eigenvalue weighted by Gasteiger charge is 2.62. The Kier molecular flexibility index (Phi) is 2.84. The number of amides is 1. The van der Waals surface area contributed by atoms with Gasteiger partial charge in [0.15, 0.2) is 0 Å². The normalized spacial score (nSPS) is 54.3. The molecule has 5 aliphatic carbocycles. The second-order valence-electron chi connectivity index (χ2n) is 9.72. The number of nitrogens with two attached hydrogens (primary N) is 1. The summed E-state index contributed by atoms with van der Waals surface area (Å²) < 4.78 is 0. The monoisotopic (exact) mass is 290 g/mol. The van der Waals surface area contributed by atoms with E-state index in [1.165, 1.54) is 19.3 Å². The molecule has 3 N–H and O–H groups in total. The largest absolute Gasteiger partial charge is 0.355 e. The minimum absolute atomic E-state index is 0.0468. The molecular weight excluding hydrogens is 260 g/mol. The number of carbonyl (C=O) groups excluding carboxylic acids is 1. The highest BCUT2D eigenvalue weighted by atomic mass is 16.2. The van der Waals surface area contributed by atoms with Crippen LogP contribution in [-0.4, -0.2) is 18.5 Å². The minimum Gasteiger partial charge on any atom is -0.355 e. The van der Waals surface area contributed by atoms with Crippen molar-refractivity contribution in [3.8, 4) is 0 Å². The maximum absolute atomic E-state index is 13.0. The van der Waals surface area contributed by atoms with Gasteiger partial charge in [-0.25, -0.2) is 0 Å². The van der Waals surface area contributed by atoms with E-state index in [9.17, 15) is 4.79 Å². The third kappa shape index (κ3) is 2.23. The number of hydrogen-bond donors (Lipinski definition) is 2. The average Bonchev–Trinajstić information content (AvgIpc) is 2.28. The number of nitrogens with one attached hydrogen (secondary N) is 1. The number of rotatable bonds is 3. The Bertz CT molecular complexity index is 450. The molecule has 4 bridgehead atoms. The molecule has 5 aliphatic rings. The molecule has 3 nitrogen and oxygen atoms in total. The summed E-state index contributed by atoms with van der Waals surface area (Å²) in [6, 6.07) is 0.379. The van der Waals surface area contributed by atoms with Crippen LogP contribution in [0.2, 0.25) is 0 Å². The van der Waals surface area contributed by atoms with Crippen molar-refractivity contribution >= 4 is 5.91 Å². The zero-order chi connectivity index (χ0) is 14.9. The molecule has 0 heterocycles. The van der Waals surface area contributed by atoms with Crippen LogP contribution in [0.25, 0.3) is 0 Å². The molecule has 0 aromatic rings. The Balaban J connectivity index is 1.47. The van der Waals surface area contributed by atoms with E-state index < -0.39 is 0 Å². The summed E-state index contributed by atoms with van der Waals surface area (Å²) >= 11 is 0. The molecule has 2 unspecified atom stereocenters. The standard InChI is InChI=1S/C18H30N2O/c1-16-5-13-6-17(2,9-16)11-18(7-13,10-16)15(21)20-8-12-3-14(19)4-12/h12-14H,3-11,19H2,1-2H3,(H,20,21). The van der Waals surface area contributed by atoms with Gasteiger partial charge in [0.2, 0.25) is 5.91 Å². The topological polar surface area (TPSA) is 55.1 Å². The van der Waals surface area contributed by atoms with Crippen molar-refractivity contribution in [1.82, 2.24) is 5.32 Å². The molecule has 0 saturated heterocycles. The van der Waals surface area contributed by atoms with Crippen molar-refractivity contribution in [3.63, 3.8) is 0 Å². The zero-order valence-corrected chi connectivity index (χ0v) is 13.6. The van der Waals surface area contributed by atoms with Crippen LogP contribution < -0.4 is 11.1 Å². The molecule has 5 saturated carbocycles. The van der Waals surface area contributed by atoms with E-state index in [0.717, 1.165) is 44.6 Å². The SMILES string of the molecule is CC12CC3CC(C)(C1)CC(C(=O)NCC1CC(N)C1)(C3)C2. The van der Waals surface area contributed by atoms with Gasteiger partial charge >= 0.3 is 0 Å². The maximum Gasteiger partial charge on any atom is 0.226 e. The highest BCUT2D eigenvalue weighted by molar-refractivity contribution is 5.83. The van der Waals surface area contributed by atoms with E-state index in [2.05, 4.69) is 19.2 Å². The molecule has 0 aliphatic heterocycles. The van der Waals surface area contributed by atoms with Crippen molar-refractivity contribution in [2.24, 2.45) is 33.8 Å². The van der Waals surface area contributed by atoms with Crippen LogP contribution in [0.5, 0.6) is 0 Å². The van der Waals surface area contributed by atoms with Crippen LogP contribution in [-0.2, 0) is 4.79 Å². The summed E-state index contributed by atoms with van der Waals surface area (Å²) in [5.74, 6) is 1.78. The van der Waals surface area contributed by atoms with E-state index >= 15 is 0 Å². The first-order valence-corrected chi connectivity index (χ1v) is 8.84. The fourth-order valence-electron chi connectivity index (χ4n) is 7.08. The molecule has 118 valence electrons. The number of carbonyl (C=O) groups is 1. The van der Waals surface area contributed by atoms with E-state index in [0.29, 0.717) is 28.7 Å². The lowest BCUT2D eigenvalue weighted by Gasteiger charge is -2.64. The van der Waals surface area contributed by atoms with E-state index in [1.54, 1.807) is 0 Å². The van der Waals surface area contributed by atoms with Gasteiger partial charge in [-0.1, -0.05) is 13.8 Å². The van der Waals surface area contributed by atoms with Crippen molar-refractivity contribution < 1.29 is 4.79 Å². The van der Waals surface area contributed by atoms with Gasteiger partial charge in [0.1, 0.15) is 0 Å². The highest BCUT2D eigenvalue weighted by Crippen LogP contribution is 2.69. The fourth-order valence-corrected chi connectivity index (χ4v) is 7.08. The van der Waals surface area contributed by atoms with E-state index in [4.69, 9.17) is 5.73 Å². The van der Waals surface area contributed by atoms with Gasteiger partial charge in [-0.05, 0) is 74.0 Å². The summed E-state index contributed by atoms with van der Waals surface area (Å²) in [6.45, 7) is 5.72. The predicted octanol–water partition coefficient (Wildman–Crippen LogP) is 2.84. The summed E-state index contributed by atoms with van der Waals surface area (Å²) in [5, 5.41) is 3.30. The molecular formula is C18H30N2O. The van der Waals surface area contributed by atoms with E-state index in [-0.39, 0.29) is 5.41 Å². The lowest BCUT2D eigenvalue weighted by Crippen LogP contribution is -2.60. The zero-order valence-electron chi connectivity index (χ0n) is 13.6. The van der Waals surface area contributed by atoms with Crippen molar-refractivity contribution in [3.05, 3.63) is 0 Å². The molecule has 2 atom stereocenters. The molecule has 21 heavy (non-hydrogen) atoms. The lowest BCUT2D eigenvalue weighted by molar-refractivity contribution is -0.170. The van der Waals surface area contributed by atoms with Gasteiger partial charge in [0.05, 0.1) is 5.41 Å². The molecule has 3 heteroatoms. The molecule has 1 amide bonds. The van der Waals surface area contributed by atoms with Crippen molar-refractivity contribution in [2.75, 3.05) is 6.54 Å². The Morgan fingerprint density at radius 3 is 2.24 bits per heavy atom. The van der Waals surface area contributed by atoms with E-state index in [1.807, 2.05) is 0 Å². The summed E-state index contributed by atoms with van der Waals surface area (Å²) in [5.41, 5.74) is 6.64. The maximum atomic E-state index is 13.0. The van der Waals surface area contributed by atoms with Gasteiger partial charge in [0.25, 0.3) is 0 Å². The average molecular weight is 290 g/mol. The van der Waals surface area contributed by atoms with Gasteiger partial charge in [-0.3, -0.25) is 4.79 Å². The molecule has 5 rings (SSSR count). The first-order valence-electron chi connectivity index (χ1n) is 8.84. The van der Waals surface area contributed by atoms with Crippen LogP contribution in [0.4, 0.5) is 0 Å². The first kappa shape index (κ1) is 14.0. The second kappa shape index (κ2) is 4.24. The van der Waals surface area contributed by atoms with Crippen LogP contribution in [0, 0.1) is 28.1 Å². The Hall–Kier alpha value is -0.570. The third-order valence-corrected chi connectivity index (χ3v) is 6.93. The van der Waals surface area contributed by atoms with Gasteiger partial charge in [0, 0.05) is 12.6 Å². The van der Waals surface area contributed by atoms with Gasteiger partial charge in [-0.15, -0.1) is 0 Å². The Labute approximate surface area is 128 Å². The van der Waals surface area contributed by atoms with Gasteiger partial charge in [-0.2, -0.15) is 0 Å². The summed E-state index contributed by atoms with van der Waals surface area (Å²) in [4.78, 5) is 13.0. The summed E-state index contributed by atoms with van der Waals surface area (Å²) in [7, 11) is 0. The molecule has 0 radical (unpaired) electrons. The lowest BCUT2D eigenvalue weighted by atomic mass is 9.40. The predicted molar refractivity (Wildman–Crippen MR) is 83.5 cm³/mol. The Morgan fingerprint density at radius 2 is 1.71 bits per heavy atom. The minimum atomic E-state index is -0.0468. The number of hydrogen-bond acceptors (Lipinski definition) is 2. The second-order valence-corrected chi connectivity index (χ2v) is 9.72. The quantitative estimate of drug-likeness (QED) is 0.840. The molecule has 0 aromatic heterocycles. The van der Waals surface area contributed by atoms with Crippen molar-refractivity contribution in [1.29, 1.82) is 0 Å². The molecule has 0 spiro atoms. The Morgan fingerprint density at radius 1 is 1.10 bits per heavy atom. The summed E-state index contributed by atoms with van der Waals surface area (Å²) in [6.07, 6.45) is 9.63. The van der Waals surface area contributed by atoms with Crippen LogP contribution in [0.3, 0.4) is 0 Å². The smallest absolute Gasteiger partial charge is 0.226 e. The third-order valence-electron chi connectivity index (χ3n) is 6.93. The van der Waals surface area contributed by atoms with Gasteiger partial charge < -0.3 is 11.1 Å².